The zero-order valence-corrected chi connectivity index (χ0v) is 13.5. The lowest BCUT2D eigenvalue weighted by molar-refractivity contribution is 0.0220. The molecule has 2 rings (SSSR count). The number of aromatic nitrogens is 1. The van der Waals surface area contributed by atoms with Gasteiger partial charge < -0.3 is 9.64 Å². The van der Waals surface area contributed by atoms with Crippen LogP contribution in [-0.4, -0.2) is 34.2 Å². The zero-order chi connectivity index (χ0) is 16.2. The van der Waals surface area contributed by atoms with Crippen molar-refractivity contribution in [2.24, 2.45) is 0 Å². The summed E-state index contributed by atoms with van der Waals surface area (Å²) >= 11 is 0. The minimum Gasteiger partial charge on any atom is -0.444 e. The van der Waals surface area contributed by atoms with E-state index in [1.54, 1.807) is 12.3 Å². The number of aryl methyl sites for hydroxylation is 1. The summed E-state index contributed by atoms with van der Waals surface area (Å²) < 4.78 is 5.47. The van der Waals surface area contributed by atoms with E-state index in [4.69, 9.17) is 10.00 Å². The molecule has 1 aliphatic rings. The number of ether oxygens (including phenoxy) is 1. The van der Waals surface area contributed by atoms with Gasteiger partial charge in [0.15, 0.2) is 0 Å². The van der Waals surface area contributed by atoms with E-state index in [2.05, 4.69) is 11.1 Å². The highest BCUT2D eigenvalue weighted by molar-refractivity contribution is 5.68. The molecule has 1 aromatic rings. The van der Waals surface area contributed by atoms with Gasteiger partial charge >= 0.3 is 6.09 Å². The second-order valence-electron chi connectivity index (χ2n) is 6.66. The Kier molecular flexibility index (Phi) is 5.02. The van der Waals surface area contributed by atoms with Crippen molar-refractivity contribution in [1.82, 2.24) is 9.88 Å². The van der Waals surface area contributed by atoms with E-state index in [1.165, 1.54) is 0 Å². The van der Waals surface area contributed by atoms with Gasteiger partial charge in [-0.25, -0.2) is 4.79 Å². The SMILES string of the molecule is CC(C)(C)OC(=O)N1CCCC1CCc1ccc(C#N)cn1. The fraction of sp³-hybridized carbons (Fsp3) is 0.588. The molecule has 1 atom stereocenters. The molecular weight excluding hydrogens is 278 g/mol. The Morgan fingerprint density at radius 2 is 2.27 bits per heavy atom. The Morgan fingerprint density at radius 1 is 1.50 bits per heavy atom. The lowest BCUT2D eigenvalue weighted by Crippen LogP contribution is -2.40. The molecule has 0 aromatic carbocycles. The van der Waals surface area contributed by atoms with Crippen LogP contribution in [-0.2, 0) is 11.2 Å². The number of nitriles is 1. The number of nitrogens with zero attached hydrogens (tertiary/aromatic N) is 3. The van der Waals surface area contributed by atoms with Gasteiger partial charge in [-0.2, -0.15) is 5.26 Å². The molecule has 1 aliphatic heterocycles. The summed E-state index contributed by atoms with van der Waals surface area (Å²) in [6.45, 7) is 6.42. The van der Waals surface area contributed by atoms with Gasteiger partial charge in [0.25, 0.3) is 0 Å². The van der Waals surface area contributed by atoms with Crippen molar-refractivity contribution in [2.75, 3.05) is 6.54 Å². The van der Waals surface area contributed by atoms with Crippen LogP contribution >= 0.6 is 0 Å². The second kappa shape index (κ2) is 6.78. The lowest BCUT2D eigenvalue weighted by atomic mass is 10.1. The molecule has 0 saturated carbocycles. The summed E-state index contributed by atoms with van der Waals surface area (Å²) in [6.07, 6.45) is 5.08. The van der Waals surface area contributed by atoms with Crippen molar-refractivity contribution in [3.8, 4) is 6.07 Å². The summed E-state index contributed by atoms with van der Waals surface area (Å²) in [7, 11) is 0. The fourth-order valence-electron chi connectivity index (χ4n) is 2.65. The van der Waals surface area contributed by atoms with Crippen molar-refractivity contribution in [1.29, 1.82) is 5.26 Å². The van der Waals surface area contributed by atoms with E-state index in [-0.39, 0.29) is 12.1 Å². The molecule has 1 aromatic heterocycles. The van der Waals surface area contributed by atoms with Gasteiger partial charge in [0.1, 0.15) is 11.7 Å². The predicted octanol–water partition coefficient (Wildman–Crippen LogP) is 3.29. The van der Waals surface area contributed by atoms with Gasteiger partial charge in [-0.1, -0.05) is 0 Å². The Hall–Kier alpha value is -2.09. The first kappa shape index (κ1) is 16.3. The van der Waals surface area contributed by atoms with Gasteiger partial charge in [0, 0.05) is 24.5 Å². The van der Waals surface area contributed by atoms with Crippen molar-refractivity contribution < 1.29 is 9.53 Å². The van der Waals surface area contributed by atoms with E-state index in [1.807, 2.05) is 31.7 Å². The van der Waals surface area contributed by atoms with Crippen LogP contribution in [0.4, 0.5) is 4.79 Å². The van der Waals surface area contributed by atoms with Crippen molar-refractivity contribution in [3.63, 3.8) is 0 Å². The first-order valence-corrected chi connectivity index (χ1v) is 7.74. The van der Waals surface area contributed by atoms with Gasteiger partial charge in [-0.05, 0) is 58.6 Å². The molecule has 5 nitrogen and oxygen atoms in total. The van der Waals surface area contributed by atoms with Crippen LogP contribution in [0.15, 0.2) is 18.3 Å². The number of carbonyl (C=O) groups excluding carboxylic acids is 1. The average Bonchev–Trinajstić information content (AvgIpc) is 2.92. The topological polar surface area (TPSA) is 66.2 Å². The van der Waals surface area contributed by atoms with E-state index in [9.17, 15) is 4.79 Å². The average molecular weight is 301 g/mol. The molecule has 1 saturated heterocycles. The predicted molar refractivity (Wildman–Crippen MR) is 83.2 cm³/mol. The van der Waals surface area contributed by atoms with Gasteiger partial charge in [-0.3, -0.25) is 4.98 Å². The van der Waals surface area contributed by atoms with E-state index >= 15 is 0 Å². The van der Waals surface area contributed by atoms with Crippen LogP contribution in [0.25, 0.3) is 0 Å². The van der Waals surface area contributed by atoms with Crippen LogP contribution in [0.2, 0.25) is 0 Å². The van der Waals surface area contributed by atoms with Crippen LogP contribution in [0.5, 0.6) is 0 Å². The summed E-state index contributed by atoms with van der Waals surface area (Å²) in [4.78, 5) is 18.3. The summed E-state index contributed by atoms with van der Waals surface area (Å²) in [6, 6.07) is 5.94. The maximum Gasteiger partial charge on any atom is 0.410 e. The highest BCUT2D eigenvalue weighted by atomic mass is 16.6. The Balaban J connectivity index is 1.91. The Morgan fingerprint density at radius 3 is 2.86 bits per heavy atom. The molecule has 118 valence electrons. The number of hydrogen-bond donors (Lipinski definition) is 0. The normalized spacial score (nSPS) is 18.1. The summed E-state index contributed by atoms with van der Waals surface area (Å²) in [5.41, 5.74) is 1.06. The van der Waals surface area contributed by atoms with Gasteiger partial charge in [0.05, 0.1) is 5.56 Å². The van der Waals surface area contributed by atoms with Crippen LogP contribution < -0.4 is 0 Å². The summed E-state index contributed by atoms with van der Waals surface area (Å²) in [5.74, 6) is 0. The first-order valence-electron chi connectivity index (χ1n) is 7.74. The highest BCUT2D eigenvalue weighted by Gasteiger charge is 2.31. The molecule has 0 radical (unpaired) electrons. The molecule has 0 aliphatic carbocycles. The van der Waals surface area contributed by atoms with E-state index < -0.39 is 5.60 Å². The van der Waals surface area contributed by atoms with Crippen LogP contribution in [0, 0.1) is 11.3 Å². The monoisotopic (exact) mass is 301 g/mol. The first-order chi connectivity index (χ1) is 10.4. The molecule has 22 heavy (non-hydrogen) atoms. The molecular formula is C17H23N3O2. The minimum absolute atomic E-state index is 0.215. The maximum atomic E-state index is 12.2. The van der Waals surface area contributed by atoms with Crippen LogP contribution in [0.3, 0.4) is 0 Å². The molecule has 0 bridgehead atoms. The largest absolute Gasteiger partial charge is 0.444 e. The quantitative estimate of drug-likeness (QED) is 0.859. The number of rotatable bonds is 3. The molecule has 1 amide bonds. The van der Waals surface area contributed by atoms with E-state index in [0.29, 0.717) is 5.56 Å². The third-order valence-corrected chi connectivity index (χ3v) is 3.69. The Bertz CT molecular complexity index is 555. The van der Waals surface area contributed by atoms with Gasteiger partial charge in [0.2, 0.25) is 0 Å². The lowest BCUT2D eigenvalue weighted by Gasteiger charge is -2.28. The molecule has 1 unspecified atom stereocenters. The number of likely N-dealkylation sites (tertiary alicyclic amines) is 1. The molecule has 0 spiro atoms. The number of amides is 1. The zero-order valence-electron chi connectivity index (χ0n) is 13.5. The smallest absolute Gasteiger partial charge is 0.410 e. The number of hydrogen-bond acceptors (Lipinski definition) is 4. The molecule has 0 N–H and O–H groups in total. The van der Waals surface area contributed by atoms with Crippen molar-refractivity contribution in [2.45, 2.75) is 58.1 Å². The maximum absolute atomic E-state index is 12.2. The molecule has 5 heteroatoms. The van der Waals surface area contributed by atoms with Crippen molar-refractivity contribution >= 4 is 6.09 Å². The minimum atomic E-state index is -0.459. The highest BCUT2D eigenvalue weighted by Crippen LogP contribution is 2.24. The number of carbonyl (C=O) groups is 1. The molecule has 2 heterocycles. The summed E-state index contributed by atoms with van der Waals surface area (Å²) in [5, 5.41) is 8.77. The third-order valence-electron chi connectivity index (χ3n) is 3.69. The number of pyridine rings is 1. The van der Waals surface area contributed by atoms with Gasteiger partial charge in [-0.15, -0.1) is 0 Å². The Labute approximate surface area is 131 Å². The third kappa shape index (κ3) is 4.45. The van der Waals surface area contributed by atoms with Crippen LogP contribution in [0.1, 0.15) is 51.3 Å². The van der Waals surface area contributed by atoms with E-state index in [0.717, 1.165) is 37.9 Å². The van der Waals surface area contributed by atoms with Crippen molar-refractivity contribution in [3.05, 3.63) is 29.6 Å². The standard InChI is InChI=1S/C17H23N3O2/c1-17(2,3)22-16(21)20-10-4-5-15(20)9-8-14-7-6-13(11-18)12-19-14/h6-7,12,15H,4-5,8-10H2,1-3H3. The second-order valence-corrected chi connectivity index (χ2v) is 6.66. The fourth-order valence-corrected chi connectivity index (χ4v) is 2.65. The molecule has 1 fully saturated rings.